The molecule has 2 fully saturated rings. The third-order valence-corrected chi connectivity index (χ3v) is 6.31. The number of carbonyl (C=O) groups excluding carboxylic acids is 1. The molecule has 0 aromatic heterocycles. The molecule has 0 bridgehead atoms. The van der Waals surface area contributed by atoms with Gasteiger partial charge in [0.15, 0.2) is 5.17 Å². The molecule has 0 unspecified atom stereocenters. The summed E-state index contributed by atoms with van der Waals surface area (Å²) in [6, 6.07) is 16.1. The molecule has 7 heteroatoms. The molecule has 2 aliphatic heterocycles. The highest BCUT2D eigenvalue weighted by molar-refractivity contribution is 8.18. The minimum atomic E-state index is -0.0339. The molecule has 6 nitrogen and oxygen atoms in total. The van der Waals surface area contributed by atoms with Crippen LogP contribution in [0.25, 0.3) is 6.08 Å². The molecule has 162 valence electrons. The summed E-state index contributed by atoms with van der Waals surface area (Å²) in [5.74, 6) is -0.0339. The average molecular weight is 438 g/mol. The lowest BCUT2D eigenvalue weighted by Crippen LogP contribution is -2.36. The molecule has 1 amide bonds. The number of benzene rings is 2. The molecule has 0 spiro atoms. The molecule has 0 saturated carbocycles. The van der Waals surface area contributed by atoms with Gasteiger partial charge in [0.2, 0.25) is 0 Å². The van der Waals surface area contributed by atoms with Crippen LogP contribution in [0.5, 0.6) is 0 Å². The first-order valence-corrected chi connectivity index (χ1v) is 11.2. The van der Waals surface area contributed by atoms with Gasteiger partial charge in [0.1, 0.15) is 0 Å². The van der Waals surface area contributed by atoms with E-state index in [1.165, 1.54) is 17.4 Å². The molecule has 0 aliphatic carbocycles. The smallest absolute Gasteiger partial charge is 0.266 e. The highest BCUT2D eigenvalue weighted by Gasteiger charge is 2.33. The quantitative estimate of drug-likeness (QED) is 0.638. The zero-order valence-corrected chi connectivity index (χ0v) is 18.7. The van der Waals surface area contributed by atoms with Crippen molar-refractivity contribution in [1.29, 1.82) is 0 Å². The van der Waals surface area contributed by atoms with Crippen molar-refractivity contribution in [2.24, 2.45) is 4.99 Å². The standard InChI is InChI=1S/C24H27N3O3S/c1-18-16-21(26-10-14-30-15-11-26)9-8-19(18)17-22-23(28)27(12-13-29-2)24(31-22)25-20-6-4-3-5-7-20/h3-9,16-17H,10-15H2,1-2H3/b22-17+,25-24?. The van der Waals surface area contributed by atoms with E-state index in [1.807, 2.05) is 36.4 Å². The number of amidine groups is 1. The largest absolute Gasteiger partial charge is 0.383 e. The van der Waals surface area contributed by atoms with Gasteiger partial charge in [0, 0.05) is 25.9 Å². The molecular formula is C24H27N3O3S. The fourth-order valence-corrected chi connectivity index (χ4v) is 4.58. The van der Waals surface area contributed by atoms with Crippen molar-refractivity contribution in [2.75, 3.05) is 51.5 Å². The topological polar surface area (TPSA) is 54.4 Å². The lowest BCUT2D eigenvalue weighted by molar-refractivity contribution is -0.122. The summed E-state index contributed by atoms with van der Waals surface area (Å²) < 4.78 is 10.7. The minimum Gasteiger partial charge on any atom is -0.383 e. The number of morpholine rings is 1. The Kier molecular flexibility index (Phi) is 7.06. The van der Waals surface area contributed by atoms with Crippen LogP contribution in [0.3, 0.4) is 0 Å². The maximum absolute atomic E-state index is 13.1. The van der Waals surface area contributed by atoms with Gasteiger partial charge in [-0.05, 0) is 60.2 Å². The fraction of sp³-hybridized carbons (Fsp3) is 0.333. The van der Waals surface area contributed by atoms with Crippen LogP contribution in [0.15, 0.2) is 58.4 Å². The maximum Gasteiger partial charge on any atom is 0.266 e. The van der Waals surface area contributed by atoms with Crippen LogP contribution < -0.4 is 4.90 Å². The lowest BCUT2D eigenvalue weighted by atomic mass is 10.1. The van der Waals surface area contributed by atoms with Gasteiger partial charge in [-0.2, -0.15) is 0 Å². The number of aryl methyl sites for hydroxylation is 1. The van der Waals surface area contributed by atoms with Gasteiger partial charge in [-0.15, -0.1) is 0 Å². The fourth-order valence-electron chi connectivity index (χ4n) is 3.57. The molecule has 0 N–H and O–H groups in total. The molecule has 2 aliphatic rings. The van der Waals surface area contributed by atoms with Crippen LogP contribution in [-0.2, 0) is 14.3 Å². The molecule has 2 heterocycles. The van der Waals surface area contributed by atoms with Gasteiger partial charge in [0.05, 0.1) is 37.0 Å². The average Bonchev–Trinajstić information content (AvgIpc) is 3.08. The highest BCUT2D eigenvalue weighted by atomic mass is 32.2. The number of para-hydroxylation sites is 1. The number of aliphatic imine (C=N–C) groups is 1. The van der Waals surface area contributed by atoms with Crippen LogP contribution in [0.4, 0.5) is 11.4 Å². The molecule has 2 aromatic rings. The zero-order valence-electron chi connectivity index (χ0n) is 17.9. The van der Waals surface area contributed by atoms with Crippen LogP contribution in [0, 0.1) is 6.92 Å². The van der Waals surface area contributed by atoms with E-state index in [1.54, 1.807) is 12.0 Å². The summed E-state index contributed by atoms with van der Waals surface area (Å²) in [5.41, 5.74) is 4.20. The SMILES string of the molecule is COCCN1C(=O)/C(=C\c2ccc(N3CCOCC3)cc2C)SC1=Nc1ccccc1. The molecule has 0 radical (unpaired) electrons. The van der Waals surface area contributed by atoms with Gasteiger partial charge in [-0.1, -0.05) is 24.3 Å². The van der Waals surface area contributed by atoms with E-state index >= 15 is 0 Å². The molecule has 0 atom stereocenters. The van der Waals surface area contributed by atoms with E-state index in [-0.39, 0.29) is 5.91 Å². The number of hydrogen-bond donors (Lipinski definition) is 0. The summed E-state index contributed by atoms with van der Waals surface area (Å²) in [5, 5.41) is 0.682. The Labute approximate surface area is 187 Å². The van der Waals surface area contributed by atoms with E-state index < -0.39 is 0 Å². The van der Waals surface area contributed by atoms with E-state index in [0.717, 1.165) is 43.1 Å². The van der Waals surface area contributed by atoms with Crippen molar-refractivity contribution in [2.45, 2.75) is 6.92 Å². The Balaban J connectivity index is 1.59. The summed E-state index contributed by atoms with van der Waals surface area (Å²) in [7, 11) is 1.64. The van der Waals surface area contributed by atoms with Gasteiger partial charge in [0.25, 0.3) is 5.91 Å². The predicted octanol–water partition coefficient (Wildman–Crippen LogP) is 4.08. The summed E-state index contributed by atoms with van der Waals surface area (Å²) >= 11 is 1.41. The van der Waals surface area contributed by atoms with Crippen molar-refractivity contribution in [3.63, 3.8) is 0 Å². The van der Waals surface area contributed by atoms with E-state index in [0.29, 0.717) is 23.2 Å². The molecule has 31 heavy (non-hydrogen) atoms. The number of hydrogen-bond acceptors (Lipinski definition) is 6. The van der Waals surface area contributed by atoms with E-state index in [9.17, 15) is 4.79 Å². The number of rotatable bonds is 6. The Morgan fingerprint density at radius 1 is 1.16 bits per heavy atom. The third kappa shape index (κ3) is 5.18. The van der Waals surface area contributed by atoms with Crippen LogP contribution in [0.1, 0.15) is 11.1 Å². The van der Waals surface area contributed by atoms with Crippen molar-refractivity contribution >= 4 is 40.3 Å². The van der Waals surface area contributed by atoms with Crippen molar-refractivity contribution < 1.29 is 14.3 Å². The second kappa shape index (κ2) is 10.1. The maximum atomic E-state index is 13.1. The van der Waals surface area contributed by atoms with E-state index in [4.69, 9.17) is 14.5 Å². The van der Waals surface area contributed by atoms with Crippen molar-refractivity contribution in [1.82, 2.24) is 4.90 Å². The monoisotopic (exact) mass is 437 g/mol. The highest BCUT2D eigenvalue weighted by Crippen LogP contribution is 2.35. The van der Waals surface area contributed by atoms with Gasteiger partial charge >= 0.3 is 0 Å². The second-order valence-corrected chi connectivity index (χ2v) is 8.44. The summed E-state index contributed by atoms with van der Waals surface area (Å²) in [6.45, 7) is 6.35. The number of anilines is 1. The third-order valence-electron chi connectivity index (χ3n) is 5.30. The Hall–Kier alpha value is -2.61. The number of carbonyl (C=O) groups is 1. The molecule has 4 rings (SSSR count). The lowest BCUT2D eigenvalue weighted by Gasteiger charge is -2.29. The number of methoxy groups -OCH3 is 1. The Bertz CT molecular complexity index is 985. The predicted molar refractivity (Wildman–Crippen MR) is 127 cm³/mol. The number of ether oxygens (including phenoxy) is 2. The van der Waals surface area contributed by atoms with Gasteiger partial charge in [-0.3, -0.25) is 9.69 Å². The summed E-state index contributed by atoms with van der Waals surface area (Å²) in [4.78, 5) is 22.5. The number of nitrogens with zero attached hydrogens (tertiary/aromatic N) is 3. The van der Waals surface area contributed by atoms with Crippen LogP contribution >= 0.6 is 11.8 Å². The number of thioether (sulfide) groups is 1. The van der Waals surface area contributed by atoms with Crippen LogP contribution in [-0.4, -0.2) is 62.5 Å². The summed E-state index contributed by atoms with van der Waals surface area (Å²) in [6.07, 6.45) is 1.97. The number of amides is 1. The minimum absolute atomic E-state index is 0.0339. The van der Waals surface area contributed by atoms with Crippen molar-refractivity contribution in [3.05, 3.63) is 64.6 Å². The molecular weight excluding hydrogens is 410 g/mol. The molecule has 2 aromatic carbocycles. The zero-order chi connectivity index (χ0) is 21.6. The second-order valence-electron chi connectivity index (χ2n) is 7.43. The Morgan fingerprint density at radius 2 is 1.94 bits per heavy atom. The Morgan fingerprint density at radius 3 is 2.65 bits per heavy atom. The first-order valence-electron chi connectivity index (χ1n) is 10.4. The van der Waals surface area contributed by atoms with Gasteiger partial charge < -0.3 is 14.4 Å². The van der Waals surface area contributed by atoms with Gasteiger partial charge in [-0.25, -0.2) is 4.99 Å². The van der Waals surface area contributed by atoms with E-state index in [2.05, 4.69) is 30.0 Å². The molecule has 2 saturated heterocycles. The first-order chi connectivity index (χ1) is 15.2. The first kappa shape index (κ1) is 21.6. The van der Waals surface area contributed by atoms with Crippen LogP contribution in [0.2, 0.25) is 0 Å². The normalized spacial score (nSPS) is 19.6. The van der Waals surface area contributed by atoms with Crippen molar-refractivity contribution in [3.8, 4) is 0 Å².